The number of likely N-dealkylation sites (N-methyl/N-ethyl adjacent to an activating group) is 1. The Morgan fingerprint density at radius 1 is 1.11 bits per heavy atom. The number of carbonyl (C=O) groups is 1. The molecule has 0 radical (unpaired) electrons. The highest BCUT2D eigenvalue weighted by Crippen LogP contribution is 2.21. The molecular formula is C21H30N4O2. The number of nitrogens with one attached hydrogen (secondary N) is 1. The van der Waals surface area contributed by atoms with Gasteiger partial charge in [-0.1, -0.05) is 17.7 Å². The van der Waals surface area contributed by atoms with Gasteiger partial charge in [0.05, 0.1) is 6.04 Å². The Balaban J connectivity index is 1.56. The van der Waals surface area contributed by atoms with Crippen LogP contribution >= 0.6 is 0 Å². The van der Waals surface area contributed by atoms with Crippen molar-refractivity contribution in [3.63, 3.8) is 0 Å². The Labute approximate surface area is 161 Å². The first-order valence-electron chi connectivity index (χ1n) is 9.53. The predicted octanol–water partition coefficient (Wildman–Crippen LogP) is 1.82. The van der Waals surface area contributed by atoms with E-state index in [1.54, 1.807) is 0 Å². The molecule has 0 spiro atoms. The Hall–Kier alpha value is -2.31. The van der Waals surface area contributed by atoms with Crippen LogP contribution in [0.3, 0.4) is 0 Å². The lowest BCUT2D eigenvalue weighted by molar-refractivity contribution is -0.123. The summed E-state index contributed by atoms with van der Waals surface area (Å²) in [5.74, 6) is 0.623. The number of hydrogen-bond acceptors (Lipinski definition) is 4. The van der Waals surface area contributed by atoms with Crippen LogP contribution in [0.1, 0.15) is 17.3 Å². The summed E-state index contributed by atoms with van der Waals surface area (Å²) in [6, 6.07) is 12.1. The number of amides is 1. The van der Waals surface area contributed by atoms with Gasteiger partial charge in [0.15, 0.2) is 6.61 Å². The number of benzene rings is 1. The van der Waals surface area contributed by atoms with Crippen molar-refractivity contribution in [2.24, 2.45) is 7.05 Å². The van der Waals surface area contributed by atoms with Crippen LogP contribution < -0.4 is 10.1 Å². The third kappa shape index (κ3) is 5.34. The highest BCUT2D eigenvalue weighted by molar-refractivity contribution is 5.77. The summed E-state index contributed by atoms with van der Waals surface area (Å²) in [5, 5.41) is 3.06. The maximum absolute atomic E-state index is 12.3. The molecule has 2 heterocycles. The molecule has 1 aromatic carbocycles. The number of hydrogen-bond donors (Lipinski definition) is 1. The summed E-state index contributed by atoms with van der Waals surface area (Å²) in [5.41, 5.74) is 2.39. The third-order valence-electron chi connectivity index (χ3n) is 5.19. The van der Waals surface area contributed by atoms with Gasteiger partial charge in [-0.25, -0.2) is 0 Å². The zero-order valence-electron chi connectivity index (χ0n) is 16.5. The number of aromatic nitrogens is 1. The van der Waals surface area contributed by atoms with Crippen molar-refractivity contribution in [3.8, 4) is 5.75 Å². The van der Waals surface area contributed by atoms with Crippen LogP contribution in [0.4, 0.5) is 0 Å². The van der Waals surface area contributed by atoms with Gasteiger partial charge in [-0.3, -0.25) is 9.69 Å². The highest BCUT2D eigenvalue weighted by atomic mass is 16.5. The van der Waals surface area contributed by atoms with E-state index in [1.807, 2.05) is 31.2 Å². The largest absolute Gasteiger partial charge is 0.484 e. The van der Waals surface area contributed by atoms with E-state index in [1.165, 1.54) is 11.3 Å². The van der Waals surface area contributed by atoms with Crippen LogP contribution in [0.15, 0.2) is 42.6 Å². The predicted molar refractivity (Wildman–Crippen MR) is 107 cm³/mol. The molecule has 27 heavy (non-hydrogen) atoms. The highest BCUT2D eigenvalue weighted by Gasteiger charge is 2.25. The van der Waals surface area contributed by atoms with E-state index in [4.69, 9.17) is 4.74 Å². The molecule has 1 saturated heterocycles. The Morgan fingerprint density at radius 3 is 2.44 bits per heavy atom. The molecule has 1 unspecified atom stereocenters. The molecule has 1 aromatic heterocycles. The van der Waals surface area contributed by atoms with Gasteiger partial charge in [-0.2, -0.15) is 0 Å². The number of rotatable bonds is 7. The van der Waals surface area contributed by atoms with Crippen molar-refractivity contribution in [1.29, 1.82) is 0 Å². The summed E-state index contributed by atoms with van der Waals surface area (Å²) in [4.78, 5) is 17.1. The van der Waals surface area contributed by atoms with E-state index in [0.717, 1.165) is 26.2 Å². The number of ether oxygens (including phenoxy) is 1. The lowest BCUT2D eigenvalue weighted by Gasteiger charge is -2.38. The monoisotopic (exact) mass is 370 g/mol. The van der Waals surface area contributed by atoms with Crippen LogP contribution in [0.2, 0.25) is 0 Å². The van der Waals surface area contributed by atoms with Crippen LogP contribution in [-0.2, 0) is 11.8 Å². The van der Waals surface area contributed by atoms with Crippen LogP contribution in [-0.4, -0.2) is 66.7 Å². The van der Waals surface area contributed by atoms with Gasteiger partial charge in [0.25, 0.3) is 5.91 Å². The fourth-order valence-corrected chi connectivity index (χ4v) is 3.42. The van der Waals surface area contributed by atoms with Gasteiger partial charge < -0.3 is 19.5 Å². The maximum atomic E-state index is 12.3. The number of aryl methyl sites for hydroxylation is 2. The second kappa shape index (κ2) is 9.06. The van der Waals surface area contributed by atoms with Crippen molar-refractivity contribution in [2.75, 3.05) is 46.4 Å². The van der Waals surface area contributed by atoms with Crippen molar-refractivity contribution in [3.05, 3.63) is 53.9 Å². The van der Waals surface area contributed by atoms with E-state index in [0.29, 0.717) is 12.3 Å². The average Bonchev–Trinajstić information content (AvgIpc) is 3.09. The van der Waals surface area contributed by atoms with E-state index in [2.05, 4.69) is 52.1 Å². The Bertz CT molecular complexity index is 733. The zero-order valence-corrected chi connectivity index (χ0v) is 16.5. The minimum absolute atomic E-state index is 0.0334. The second-order valence-electron chi connectivity index (χ2n) is 7.30. The Kier molecular flexibility index (Phi) is 6.53. The topological polar surface area (TPSA) is 49.7 Å². The molecule has 1 amide bonds. The summed E-state index contributed by atoms with van der Waals surface area (Å²) < 4.78 is 7.73. The van der Waals surface area contributed by atoms with Gasteiger partial charge in [0, 0.05) is 51.7 Å². The molecule has 146 valence electrons. The van der Waals surface area contributed by atoms with Crippen molar-refractivity contribution >= 4 is 5.91 Å². The first-order valence-corrected chi connectivity index (χ1v) is 9.53. The maximum Gasteiger partial charge on any atom is 0.258 e. The summed E-state index contributed by atoms with van der Waals surface area (Å²) in [7, 11) is 4.21. The molecule has 1 N–H and O–H groups in total. The van der Waals surface area contributed by atoms with Gasteiger partial charge in [0.1, 0.15) is 5.75 Å². The molecule has 6 nitrogen and oxygen atoms in total. The van der Waals surface area contributed by atoms with Crippen molar-refractivity contribution in [1.82, 2.24) is 19.7 Å². The molecule has 0 aliphatic carbocycles. The molecule has 2 aromatic rings. The lowest BCUT2D eigenvalue weighted by Crippen LogP contribution is -2.49. The van der Waals surface area contributed by atoms with Crippen LogP contribution in [0.5, 0.6) is 5.75 Å². The fraction of sp³-hybridized carbons (Fsp3) is 0.476. The fourth-order valence-electron chi connectivity index (χ4n) is 3.42. The standard InChI is InChI=1S/C21H30N4O2/c1-17-6-8-18(9-7-17)27-16-21(26)22-15-20(19-5-4-10-24(19)3)25-13-11-23(2)12-14-25/h4-10,20H,11-16H2,1-3H3,(H,22,26). The first kappa shape index (κ1) is 19.5. The summed E-state index contributed by atoms with van der Waals surface area (Å²) in [6.07, 6.45) is 2.06. The zero-order chi connectivity index (χ0) is 19.2. The molecular weight excluding hydrogens is 340 g/mol. The van der Waals surface area contributed by atoms with Gasteiger partial charge in [0.2, 0.25) is 0 Å². The minimum Gasteiger partial charge on any atom is -0.484 e. The number of nitrogens with zero attached hydrogens (tertiary/aromatic N) is 3. The first-order chi connectivity index (χ1) is 13.0. The Morgan fingerprint density at radius 2 is 1.81 bits per heavy atom. The normalized spacial score (nSPS) is 16.9. The molecule has 0 saturated carbocycles. The number of piperazine rings is 1. The van der Waals surface area contributed by atoms with E-state index >= 15 is 0 Å². The quantitative estimate of drug-likeness (QED) is 0.808. The van der Waals surface area contributed by atoms with Crippen LogP contribution in [0.25, 0.3) is 0 Å². The molecule has 3 rings (SSSR count). The molecule has 1 fully saturated rings. The van der Waals surface area contributed by atoms with E-state index in [-0.39, 0.29) is 18.6 Å². The van der Waals surface area contributed by atoms with Gasteiger partial charge in [-0.05, 0) is 38.2 Å². The van der Waals surface area contributed by atoms with E-state index in [9.17, 15) is 4.79 Å². The van der Waals surface area contributed by atoms with Crippen molar-refractivity contribution < 1.29 is 9.53 Å². The average molecular weight is 370 g/mol. The minimum atomic E-state index is -0.0936. The smallest absolute Gasteiger partial charge is 0.258 e. The molecule has 0 bridgehead atoms. The van der Waals surface area contributed by atoms with Gasteiger partial charge >= 0.3 is 0 Å². The molecule has 1 aliphatic rings. The van der Waals surface area contributed by atoms with Crippen molar-refractivity contribution in [2.45, 2.75) is 13.0 Å². The summed E-state index contributed by atoms with van der Waals surface area (Å²) >= 11 is 0. The lowest BCUT2D eigenvalue weighted by atomic mass is 10.1. The second-order valence-corrected chi connectivity index (χ2v) is 7.30. The molecule has 6 heteroatoms. The van der Waals surface area contributed by atoms with Crippen LogP contribution in [0, 0.1) is 6.92 Å². The van der Waals surface area contributed by atoms with E-state index < -0.39 is 0 Å². The molecule has 1 atom stereocenters. The SMILES string of the molecule is Cc1ccc(OCC(=O)NCC(c2cccn2C)N2CCN(C)CC2)cc1. The summed E-state index contributed by atoms with van der Waals surface area (Å²) in [6.45, 7) is 6.74. The van der Waals surface area contributed by atoms with Gasteiger partial charge in [-0.15, -0.1) is 0 Å². The molecule has 1 aliphatic heterocycles. The number of carbonyl (C=O) groups excluding carboxylic acids is 1. The third-order valence-corrected chi connectivity index (χ3v) is 5.19.